The van der Waals surface area contributed by atoms with Gasteiger partial charge in [0.2, 0.25) is 0 Å². The van der Waals surface area contributed by atoms with E-state index in [1.54, 1.807) is 49.5 Å². The van der Waals surface area contributed by atoms with Gasteiger partial charge in [-0.2, -0.15) is 0 Å². The number of carbonyl (C=O) groups is 2. The van der Waals surface area contributed by atoms with Gasteiger partial charge in [0, 0.05) is 43.8 Å². The molecule has 1 aliphatic heterocycles. The van der Waals surface area contributed by atoms with Crippen molar-refractivity contribution in [2.45, 2.75) is 6.92 Å². The van der Waals surface area contributed by atoms with Crippen molar-refractivity contribution in [3.63, 3.8) is 0 Å². The van der Waals surface area contributed by atoms with Crippen LogP contribution in [0.4, 0.5) is 11.4 Å². The number of aromatic nitrogens is 1. The number of ether oxygens (including phenoxy) is 1. The highest BCUT2D eigenvalue weighted by molar-refractivity contribution is 5.93. The molecule has 0 bridgehead atoms. The van der Waals surface area contributed by atoms with Crippen molar-refractivity contribution in [1.82, 2.24) is 14.8 Å². The number of piperazine rings is 1. The summed E-state index contributed by atoms with van der Waals surface area (Å²) in [5, 5.41) is 3.24. The Morgan fingerprint density at radius 2 is 1.78 bits per heavy atom. The number of nitrogens with zero attached hydrogens (tertiary/aromatic N) is 3. The van der Waals surface area contributed by atoms with E-state index in [4.69, 9.17) is 4.74 Å². The zero-order valence-corrected chi connectivity index (χ0v) is 15.6. The SMILES string of the molecule is CCOC(=O)c1ccc(Nc2ccnc(C(=O)N3CCN(C)CC3)c2)cc1. The van der Waals surface area contributed by atoms with E-state index in [0.717, 1.165) is 24.5 Å². The van der Waals surface area contributed by atoms with Crippen LogP contribution in [0.2, 0.25) is 0 Å². The minimum Gasteiger partial charge on any atom is -0.462 e. The van der Waals surface area contributed by atoms with Gasteiger partial charge >= 0.3 is 5.97 Å². The minimum absolute atomic E-state index is 0.0515. The van der Waals surface area contributed by atoms with Gasteiger partial charge in [0.1, 0.15) is 5.69 Å². The van der Waals surface area contributed by atoms with Crippen molar-refractivity contribution >= 4 is 23.3 Å². The molecule has 1 aromatic heterocycles. The van der Waals surface area contributed by atoms with E-state index >= 15 is 0 Å². The summed E-state index contributed by atoms with van der Waals surface area (Å²) in [4.78, 5) is 32.6. The number of amides is 1. The first kappa shape index (κ1) is 18.8. The van der Waals surface area contributed by atoms with E-state index in [1.165, 1.54) is 0 Å². The molecule has 1 aromatic carbocycles. The topological polar surface area (TPSA) is 74.8 Å². The summed E-state index contributed by atoms with van der Waals surface area (Å²) < 4.78 is 4.98. The average molecular weight is 368 g/mol. The maximum atomic E-state index is 12.7. The van der Waals surface area contributed by atoms with Crippen LogP contribution in [0.1, 0.15) is 27.8 Å². The predicted octanol–water partition coefficient (Wildman–Crippen LogP) is 2.39. The zero-order chi connectivity index (χ0) is 19.2. The number of anilines is 2. The first-order chi connectivity index (χ1) is 13.1. The van der Waals surface area contributed by atoms with Crippen LogP contribution in [0, 0.1) is 0 Å². The van der Waals surface area contributed by atoms with Gasteiger partial charge in [-0.15, -0.1) is 0 Å². The highest BCUT2D eigenvalue weighted by atomic mass is 16.5. The fraction of sp³-hybridized carbons (Fsp3) is 0.350. The van der Waals surface area contributed by atoms with Crippen molar-refractivity contribution in [3.8, 4) is 0 Å². The first-order valence-corrected chi connectivity index (χ1v) is 9.05. The molecule has 0 spiro atoms. The number of nitrogens with one attached hydrogen (secondary N) is 1. The average Bonchev–Trinajstić information content (AvgIpc) is 2.69. The van der Waals surface area contributed by atoms with E-state index in [1.807, 2.05) is 4.90 Å². The Labute approximate surface area is 158 Å². The predicted molar refractivity (Wildman–Crippen MR) is 103 cm³/mol. The fourth-order valence-corrected chi connectivity index (χ4v) is 2.87. The number of esters is 1. The third-order valence-electron chi connectivity index (χ3n) is 4.45. The normalized spacial score (nSPS) is 14.7. The maximum absolute atomic E-state index is 12.7. The molecule has 0 radical (unpaired) electrons. The second-order valence-electron chi connectivity index (χ2n) is 6.45. The van der Waals surface area contributed by atoms with Crippen LogP contribution in [-0.2, 0) is 4.74 Å². The minimum atomic E-state index is -0.340. The van der Waals surface area contributed by atoms with Gasteiger partial charge in [-0.25, -0.2) is 4.79 Å². The smallest absolute Gasteiger partial charge is 0.338 e. The largest absolute Gasteiger partial charge is 0.462 e. The Kier molecular flexibility index (Phi) is 6.03. The van der Waals surface area contributed by atoms with Crippen LogP contribution in [0.5, 0.6) is 0 Å². The molecule has 1 saturated heterocycles. The van der Waals surface area contributed by atoms with Crippen LogP contribution in [0.25, 0.3) is 0 Å². The Morgan fingerprint density at radius 3 is 2.44 bits per heavy atom. The summed E-state index contributed by atoms with van der Waals surface area (Å²) in [5.74, 6) is -0.391. The van der Waals surface area contributed by atoms with Gasteiger partial charge < -0.3 is 19.9 Å². The molecule has 2 heterocycles. The lowest BCUT2D eigenvalue weighted by atomic mass is 10.2. The Hall–Kier alpha value is -2.93. The molecule has 0 unspecified atom stereocenters. The van der Waals surface area contributed by atoms with Gasteiger partial charge in [-0.05, 0) is 50.4 Å². The number of benzene rings is 1. The zero-order valence-electron chi connectivity index (χ0n) is 15.6. The van der Waals surface area contributed by atoms with Crippen LogP contribution in [0.3, 0.4) is 0 Å². The van der Waals surface area contributed by atoms with Crippen molar-refractivity contribution in [2.24, 2.45) is 0 Å². The van der Waals surface area contributed by atoms with Crippen LogP contribution in [-0.4, -0.2) is 66.5 Å². The summed E-state index contributed by atoms with van der Waals surface area (Å²) in [6.45, 7) is 5.29. The number of rotatable bonds is 5. The highest BCUT2D eigenvalue weighted by Gasteiger charge is 2.21. The third-order valence-corrected chi connectivity index (χ3v) is 4.45. The lowest BCUT2D eigenvalue weighted by molar-refractivity contribution is 0.0526. The maximum Gasteiger partial charge on any atom is 0.338 e. The van der Waals surface area contributed by atoms with Crippen LogP contribution in [0.15, 0.2) is 42.6 Å². The standard InChI is InChI=1S/C20H24N4O3/c1-3-27-20(26)15-4-6-16(7-5-15)22-17-8-9-21-18(14-17)19(25)24-12-10-23(2)11-13-24/h4-9,14H,3,10-13H2,1-2H3,(H,21,22). The number of hydrogen-bond donors (Lipinski definition) is 1. The Morgan fingerprint density at radius 1 is 1.07 bits per heavy atom. The van der Waals surface area contributed by atoms with Gasteiger partial charge in [0.15, 0.2) is 0 Å². The van der Waals surface area contributed by atoms with E-state index in [-0.39, 0.29) is 11.9 Å². The molecule has 3 rings (SSSR count). The van der Waals surface area contributed by atoms with Gasteiger partial charge in [-0.3, -0.25) is 9.78 Å². The second kappa shape index (κ2) is 8.64. The summed E-state index contributed by atoms with van der Waals surface area (Å²) >= 11 is 0. The van der Waals surface area contributed by atoms with Gasteiger partial charge in [0.25, 0.3) is 5.91 Å². The molecule has 142 valence electrons. The van der Waals surface area contributed by atoms with Crippen molar-refractivity contribution < 1.29 is 14.3 Å². The third kappa shape index (κ3) is 4.83. The molecule has 27 heavy (non-hydrogen) atoms. The molecule has 1 amide bonds. The molecular weight excluding hydrogens is 344 g/mol. The molecule has 0 saturated carbocycles. The summed E-state index contributed by atoms with van der Waals surface area (Å²) in [7, 11) is 2.05. The molecule has 1 fully saturated rings. The Balaban J connectivity index is 1.67. The summed E-state index contributed by atoms with van der Waals surface area (Å²) in [6.07, 6.45) is 1.62. The van der Waals surface area contributed by atoms with E-state index < -0.39 is 0 Å². The summed E-state index contributed by atoms with van der Waals surface area (Å²) in [5.41, 5.74) is 2.51. The molecule has 7 nitrogen and oxygen atoms in total. The van der Waals surface area contributed by atoms with Crippen molar-refractivity contribution in [1.29, 1.82) is 0 Å². The molecular formula is C20H24N4O3. The monoisotopic (exact) mass is 368 g/mol. The van der Waals surface area contributed by atoms with E-state index in [9.17, 15) is 9.59 Å². The highest BCUT2D eigenvalue weighted by Crippen LogP contribution is 2.19. The first-order valence-electron chi connectivity index (χ1n) is 9.05. The molecule has 7 heteroatoms. The molecule has 0 atom stereocenters. The molecule has 2 aromatic rings. The van der Waals surface area contributed by atoms with E-state index in [0.29, 0.717) is 31.0 Å². The Bertz CT molecular complexity index is 799. The van der Waals surface area contributed by atoms with Crippen molar-refractivity contribution in [3.05, 3.63) is 53.9 Å². The van der Waals surface area contributed by atoms with Gasteiger partial charge in [-0.1, -0.05) is 0 Å². The second-order valence-corrected chi connectivity index (χ2v) is 6.45. The fourth-order valence-electron chi connectivity index (χ4n) is 2.87. The lowest BCUT2D eigenvalue weighted by Crippen LogP contribution is -2.47. The molecule has 1 aliphatic rings. The van der Waals surface area contributed by atoms with E-state index in [2.05, 4.69) is 22.2 Å². The quantitative estimate of drug-likeness (QED) is 0.817. The van der Waals surface area contributed by atoms with Gasteiger partial charge in [0.05, 0.1) is 12.2 Å². The molecule has 1 N–H and O–H groups in total. The van der Waals surface area contributed by atoms with Crippen LogP contribution >= 0.6 is 0 Å². The number of hydrogen-bond acceptors (Lipinski definition) is 6. The number of likely N-dealkylation sites (N-methyl/N-ethyl adjacent to an activating group) is 1. The van der Waals surface area contributed by atoms with Crippen LogP contribution < -0.4 is 5.32 Å². The van der Waals surface area contributed by atoms with Crippen molar-refractivity contribution in [2.75, 3.05) is 45.2 Å². The summed E-state index contributed by atoms with van der Waals surface area (Å²) in [6, 6.07) is 10.6. The number of pyridine rings is 1. The molecule has 0 aliphatic carbocycles. The lowest BCUT2D eigenvalue weighted by Gasteiger charge is -2.32. The number of carbonyl (C=O) groups excluding carboxylic acids is 2.